The van der Waals surface area contributed by atoms with Crippen LogP contribution in [0.25, 0.3) is 22.5 Å². The van der Waals surface area contributed by atoms with Crippen molar-refractivity contribution in [2.75, 3.05) is 6.61 Å². The molecule has 3 aromatic carbocycles. The molecular weight excluding hydrogens is 596 g/mol. The number of rotatable bonds is 3. The summed E-state index contributed by atoms with van der Waals surface area (Å²) in [6.07, 6.45) is 3.10. The maximum absolute atomic E-state index is 13.5. The molecule has 0 fully saturated rings. The lowest BCUT2D eigenvalue weighted by molar-refractivity contribution is 0.283. The van der Waals surface area contributed by atoms with Gasteiger partial charge >= 0.3 is 0 Å². The van der Waals surface area contributed by atoms with Gasteiger partial charge in [0, 0.05) is 27.4 Å². The monoisotopic (exact) mass is 641 g/mol. The highest BCUT2D eigenvalue weighted by atomic mass is 19.1. The fourth-order valence-corrected chi connectivity index (χ4v) is 4.41. The van der Waals surface area contributed by atoms with Crippen molar-refractivity contribution in [3.8, 4) is 22.5 Å². The second-order valence-corrected chi connectivity index (χ2v) is 14.5. The van der Waals surface area contributed by atoms with Crippen LogP contribution in [0.3, 0.4) is 0 Å². The molecular formula is C39H45F2N3O3. The van der Waals surface area contributed by atoms with E-state index in [0.717, 1.165) is 17.2 Å². The Labute approximate surface area is 277 Å². The van der Waals surface area contributed by atoms with Gasteiger partial charge < -0.3 is 13.6 Å². The molecule has 6 rings (SSSR count). The Hall–Kier alpha value is -4.59. The van der Waals surface area contributed by atoms with E-state index in [2.05, 4.69) is 47.9 Å². The van der Waals surface area contributed by atoms with E-state index in [0.29, 0.717) is 29.6 Å². The molecule has 5 aromatic rings. The highest BCUT2D eigenvalue weighted by Crippen LogP contribution is 2.30. The summed E-state index contributed by atoms with van der Waals surface area (Å²) in [6.45, 7) is 19.2. The third-order valence-corrected chi connectivity index (χ3v) is 7.06. The van der Waals surface area contributed by atoms with Crippen LogP contribution in [-0.4, -0.2) is 22.5 Å². The fourth-order valence-electron chi connectivity index (χ4n) is 4.41. The predicted molar refractivity (Wildman–Crippen MR) is 183 cm³/mol. The van der Waals surface area contributed by atoms with E-state index in [9.17, 15) is 8.78 Å². The lowest BCUT2D eigenvalue weighted by atomic mass is 9.97. The quantitative estimate of drug-likeness (QED) is 0.196. The summed E-state index contributed by atoms with van der Waals surface area (Å²) in [5, 5.41) is 0. The van der Waals surface area contributed by atoms with Crippen molar-refractivity contribution in [2.24, 2.45) is 10.4 Å². The molecule has 248 valence electrons. The van der Waals surface area contributed by atoms with Gasteiger partial charge in [0.2, 0.25) is 0 Å². The first kappa shape index (κ1) is 35.3. The Kier molecular flexibility index (Phi) is 10.8. The van der Waals surface area contributed by atoms with Crippen LogP contribution in [0, 0.1) is 17.0 Å². The average molecular weight is 642 g/mol. The van der Waals surface area contributed by atoms with Gasteiger partial charge in [0.25, 0.3) is 0 Å². The largest absolute Gasteiger partial charge is 0.478 e. The zero-order valence-electron chi connectivity index (χ0n) is 28.8. The molecule has 3 heterocycles. The lowest BCUT2D eigenvalue weighted by Gasteiger charge is -2.16. The molecule has 2 aromatic heterocycles. The highest BCUT2D eigenvalue weighted by Gasteiger charge is 2.29. The van der Waals surface area contributed by atoms with Gasteiger partial charge in [-0.2, -0.15) is 0 Å². The number of halogens is 2. The van der Waals surface area contributed by atoms with E-state index >= 15 is 0 Å². The van der Waals surface area contributed by atoms with Gasteiger partial charge in [0.15, 0.2) is 17.7 Å². The first-order valence-corrected chi connectivity index (χ1v) is 15.7. The average Bonchev–Trinajstić information content (AvgIpc) is 3.80. The second-order valence-electron chi connectivity index (χ2n) is 14.5. The molecule has 0 saturated heterocycles. The minimum absolute atomic E-state index is 0.0174. The van der Waals surface area contributed by atoms with E-state index in [1.54, 1.807) is 36.6 Å². The number of aromatic nitrogens is 2. The van der Waals surface area contributed by atoms with Crippen LogP contribution in [0.1, 0.15) is 85.7 Å². The van der Waals surface area contributed by atoms with Crippen molar-refractivity contribution in [1.82, 2.24) is 9.97 Å². The number of ether oxygens (including phenoxy) is 1. The van der Waals surface area contributed by atoms with Crippen molar-refractivity contribution < 1.29 is 22.4 Å². The van der Waals surface area contributed by atoms with Gasteiger partial charge in [0.1, 0.15) is 48.2 Å². The number of nitrogens with zero attached hydrogens (tertiary/aromatic N) is 3. The molecule has 0 unspecified atom stereocenters. The fraction of sp³-hybridized carbons (Fsp3) is 0.359. The molecule has 8 heteroatoms. The van der Waals surface area contributed by atoms with Crippen molar-refractivity contribution in [2.45, 2.75) is 79.2 Å². The Morgan fingerprint density at radius 1 is 0.617 bits per heavy atom. The van der Waals surface area contributed by atoms with E-state index in [1.165, 1.54) is 30.0 Å². The van der Waals surface area contributed by atoms with Gasteiger partial charge in [-0.25, -0.2) is 23.7 Å². The van der Waals surface area contributed by atoms with Gasteiger partial charge in [0.05, 0.1) is 0 Å². The van der Waals surface area contributed by atoms with Crippen LogP contribution in [0.2, 0.25) is 0 Å². The molecule has 0 spiro atoms. The molecule has 0 amide bonds. The van der Waals surface area contributed by atoms with Crippen molar-refractivity contribution >= 4 is 5.90 Å². The van der Waals surface area contributed by atoms with Crippen LogP contribution in [-0.2, 0) is 15.6 Å². The topological polar surface area (TPSA) is 73.7 Å². The van der Waals surface area contributed by atoms with Crippen molar-refractivity contribution in [1.29, 1.82) is 0 Å². The normalized spacial score (nSPS) is 14.7. The SMILES string of the molecule is CC(C)(C)C1=N[C@@H](c2ccccc2)CO1.CC(C)(C)c1nc(-c2ccc(F)cc2)co1.CC(C)(C)c1nc(-c2ccccc2F)co1. The summed E-state index contributed by atoms with van der Waals surface area (Å²) < 4.78 is 42.7. The number of hydrogen-bond donors (Lipinski definition) is 0. The zero-order chi connectivity index (χ0) is 34.4. The summed E-state index contributed by atoms with van der Waals surface area (Å²) in [6, 6.07) is 23.3. The Balaban J connectivity index is 0.000000160. The maximum Gasteiger partial charge on any atom is 0.199 e. The van der Waals surface area contributed by atoms with Crippen LogP contribution in [0.4, 0.5) is 8.78 Å². The third-order valence-electron chi connectivity index (χ3n) is 7.06. The lowest BCUT2D eigenvalue weighted by Crippen LogP contribution is -2.20. The van der Waals surface area contributed by atoms with E-state index in [4.69, 9.17) is 13.6 Å². The molecule has 0 N–H and O–H groups in total. The molecule has 1 atom stereocenters. The minimum atomic E-state index is -0.281. The van der Waals surface area contributed by atoms with Crippen molar-refractivity contribution in [3.63, 3.8) is 0 Å². The minimum Gasteiger partial charge on any atom is -0.478 e. The summed E-state index contributed by atoms with van der Waals surface area (Å²) in [4.78, 5) is 13.3. The third kappa shape index (κ3) is 9.70. The van der Waals surface area contributed by atoms with E-state index in [-0.39, 0.29) is 33.9 Å². The van der Waals surface area contributed by atoms with Crippen molar-refractivity contribution in [3.05, 3.63) is 120 Å². The first-order chi connectivity index (χ1) is 22.0. The molecule has 0 saturated carbocycles. The van der Waals surface area contributed by atoms with Crippen LogP contribution in [0.5, 0.6) is 0 Å². The molecule has 1 aliphatic heterocycles. The molecule has 0 aliphatic carbocycles. The summed E-state index contributed by atoms with van der Waals surface area (Å²) in [5.74, 6) is 1.65. The summed E-state index contributed by atoms with van der Waals surface area (Å²) in [7, 11) is 0. The second kappa shape index (κ2) is 14.4. The highest BCUT2D eigenvalue weighted by molar-refractivity contribution is 5.83. The predicted octanol–water partition coefficient (Wildman–Crippen LogP) is 10.8. The number of hydrogen-bond acceptors (Lipinski definition) is 6. The number of aliphatic imine (C=N–C) groups is 1. The first-order valence-electron chi connectivity index (χ1n) is 15.7. The van der Waals surface area contributed by atoms with Gasteiger partial charge in [-0.1, -0.05) is 105 Å². The number of benzene rings is 3. The standard InChI is InChI=1S/2C13H14FNO.C13H17NO/c1-13(2,3)12-15-11(8-16-12)9-4-6-10(14)7-5-9;1-13(2,3)12-15-11(8-16-12)9-6-4-5-7-10(9)14;1-13(2,3)12-14-11(9-15-12)10-7-5-4-6-8-10/h2*4-8H,1-3H3;4-8,11H,9H2,1-3H3/t;;11-/m..1/s1. The zero-order valence-corrected chi connectivity index (χ0v) is 28.8. The molecule has 47 heavy (non-hydrogen) atoms. The Morgan fingerprint density at radius 2 is 1.15 bits per heavy atom. The summed E-state index contributed by atoms with van der Waals surface area (Å²) in [5.41, 5.74) is 3.60. The van der Waals surface area contributed by atoms with Gasteiger partial charge in [-0.05, 0) is 42.0 Å². The van der Waals surface area contributed by atoms with Crippen LogP contribution < -0.4 is 0 Å². The van der Waals surface area contributed by atoms with Gasteiger partial charge in [-0.3, -0.25) is 0 Å². The van der Waals surface area contributed by atoms with E-state index < -0.39 is 0 Å². The Morgan fingerprint density at radius 3 is 1.66 bits per heavy atom. The molecule has 1 aliphatic rings. The maximum atomic E-state index is 13.5. The van der Waals surface area contributed by atoms with E-state index in [1.807, 2.05) is 59.7 Å². The Bertz CT molecular complexity index is 1750. The molecule has 6 nitrogen and oxygen atoms in total. The number of oxazole rings is 2. The van der Waals surface area contributed by atoms with Crippen LogP contribution in [0.15, 0.2) is 105 Å². The van der Waals surface area contributed by atoms with Gasteiger partial charge in [-0.15, -0.1) is 0 Å². The summed E-state index contributed by atoms with van der Waals surface area (Å²) >= 11 is 0. The smallest absolute Gasteiger partial charge is 0.199 e. The molecule has 0 radical (unpaired) electrons. The molecule has 0 bridgehead atoms. The van der Waals surface area contributed by atoms with Crippen LogP contribution >= 0.6 is 0 Å².